The van der Waals surface area contributed by atoms with Gasteiger partial charge in [-0.1, -0.05) is 30.3 Å². The molecule has 0 saturated carbocycles. The minimum absolute atomic E-state index is 0.0343. The summed E-state index contributed by atoms with van der Waals surface area (Å²) in [4.78, 5) is 11.8. The lowest BCUT2D eigenvalue weighted by Crippen LogP contribution is -2.50. The molecular formula is C20H18F6N2O3. The predicted octanol–water partition coefficient (Wildman–Crippen LogP) is 4.33. The number of rotatable bonds is 5. The Hall–Kier alpha value is -2.79. The van der Waals surface area contributed by atoms with Crippen LogP contribution in [0.5, 0.6) is 0 Å². The Morgan fingerprint density at radius 2 is 1.58 bits per heavy atom. The number of carbonyl (C=O) groups is 1. The summed E-state index contributed by atoms with van der Waals surface area (Å²) in [5.41, 5.74) is -4.31. The highest BCUT2D eigenvalue weighted by Crippen LogP contribution is 2.38. The topological polar surface area (TPSA) is 70.6 Å². The zero-order chi connectivity index (χ0) is 23.0. The van der Waals surface area contributed by atoms with Gasteiger partial charge < -0.3 is 20.5 Å². The van der Waals surface area contributed by atoms with Gasteiger partial charge in [-0.15, -0.1) is 0 Å². The number of hydrogen-bond acceptors (Lipinski definition) is 3. The summed E-state index contributed by atoms with van der Waals surface area (Å²) in [5, 5.41) is 15.2. The monoisotopic (exact) mass is 448 g/mol. The van der Waals surface area contributed by atoms with Crippen molar-refractivity contribution in [2.24, 2.45) is 0 Å². The summed E-state index contributed by atoms with van der Waals surface area (Å²) in [5.74, 6) is 0. The van der Waals surface area contributed by atoms with Crippen LogP contribution in [0.15, 0.2) is 48.5 Å². The molecule has 5 nitrogen and oxygen atoms in total. The minimum atomic E-state index is -4.99. The van der Waals surface area contributed by atoms with E-state index in [1.807, 2.05) is 0 Å². The van der Waals surface area contributed by atoms with Crippen LogP contribution in [-0.2, 0) is 22.6 Å². The maximum absolute atomic E-state index is 13.1. The number of urea groups is 1. The molecule has 2 amide bonds. The van der Waals surface area contributed by atoms with Crippen molar-refractivity contribution in [2.75, 3.05) is 6.61 Å². The lowest BCUT2D eigenvalue weighted by atomic mass is 9.90. The Morgan fingerprint density at radius 1 is 1.03 bits per heavy atom. The number of amides is 2. The van der Waals surface area contributed by atoms with Gasteiger partial charge in [-0.05, 0) is 36.2 Å². The van der Waals surface area contributed by atoms with Crippen LogP contribution in [0, 0.1) is 0 Å². The first-order valence-corrected chi connectivity index (χ1v) is 9.06. The molecule has 1 saturated heterocycles. The molecule has 0 spiro atoms. The second-order valence-electron chi connectivity index (χ2n) is 7.13. The number of benzene rings is 2. The molecule has 1 heterocycles. The molecule has 3 atom stereocenters. The van der Waals surface area contributed by atoms with Crippen LogP contribution < -0.4 is 10.6 Å². The molecule has 1 aliphatic heterocycles. The highest BCUT2D eigenvalue weighted by molar-refractivity contribution is 5.78. The Morgan fingerprint density at radius 3 is 2.03 bits per heavy atom. The minimum Gasteiger partial charge on any atom is -0.371 e. The molecular weight excluding hydrogens is 430 g/mol. The summed E-state index contributed by atoms with van der Waals surface area (Å²) in [6, 6.07) is 8.65. The molecule has 1 fully saturated rings. The average Bonchev–Trinajstić information content (AvgIpc) is 2.99. The summed E-state index contributed by atoms with van der Waals surface area (Å²) in [6.45, 7) is 0.862. The van der Waals surface area contributed by atoms with Crippen molar-refractivity contribution >= 4 is 6.03 Å². The average molecular weight is 448 g/mol. The van der Waals surface area contributed by atoms with Gasteiger partial charge in [0.2, 0.25) is 0 Å². The van der Waals surface area contributed by atoms with E-state index >= 15 is 0 Å². The molecule has 31 heavy (non-hydrogen) atoms. The van der Waals surface area contributed by atoms with Crippen LogP contribution in [0.4, 0.5) is 31.1 Å². The molecule has 0 radical (unpaired) electrons. The van der Waals surface area contributed by atoms with Crippen molar-refractivity contribution in [3.63, 3.8) is 0 Å². The summed E-state index contributed by atoms with van der Waals surface area (Å²) >= 11 is 0. The third-order valence-corrected chi connectivity index (χ3v) is 5.00. The predicted molar refractivity (Wildman–Crippen MR) is 96.6 cm³/mol. The molecule has 0 aromatic heterocycles. The number of carbonyl (C=O) groups excluding carboxylic acids is 1. The van der Waals surface area contributed by atoms with Gasteiger partial charge in [0.25, 0.3) is 0 Å². The number of halogens is 6. The van der Waals surface area contributed by atoms with Gasteiger partial charge >= 0.3 is 18.4 Å². The van der Waals surface area contributed by atoms with E-state index in [0.717, 1.165) is 0 Å². The van der Waals surface area contributed by atoms with Crippen LogP contribution in [0.25, 0.3) is 0 Å². The third kappa shape index (κ3) is 4.77. The van der Waals surface area contributed by atoms with Gasteiger partial charge in [0.15, 0.2) is 6.23 Å². The Bertz CT molecular complexity index is 916. The van der Waals surface area contributed by atoms with E-state index in [4.69, 9.17) is 4.74 Å². The maximum atomic E-state index is 13.1. The van der Waals surface area contributed by atoms with Gasteiger partial charge in [-0.3, -0.25) is 0 Å². The normalized spacial score (nSPS) is 22.7. The molecule has 2 aromatic carbocycles. The van der Waals surface area contributed by atoms with Crippen molar-refractivity contribution in [2.45, 2.75) is 37.1 Å². The van der Waals surface area contributed by atoms with E-state index < -0.39 is 54.0 Å². The number of hydrogen-bond donors (Lipinski definition) is 3. The number of ether oxygens (including phenoxy) is 1. The van der Waals surface area contributed by atoms with Gasteiger partial charge in [0.05, 0.1) is 23.8 Å². The molecule has 168 valence electrons. The van der Waals surface area contributed by atoms with Crippen molar-refractivity contribution in [1.29, 1.82) is 0 Å². The van der Waals surface area contributed by atoms with E-state index in [1.165, 1.54) is 6.92 Å². The Balaban J connectivity index is 1.92. The standard InChI is InChI=1S/C20H18F6N2O3/c1-11(12-7-14(19(21,22)23)9-15(8-12)20(24,25)26)31-10-18(13-5-3-2-4-6-13)16(29)27-17(30)28-18/h2-9,11,16,29H,10H2,1H3,(H2,27,28,30)/t11-,16-,18-/m1/s1. The van der Waals surface area contributed by atoms with Crippen molar-refractivity contribution in [3.8, 4) is 0 Å². The van der Waals surface area contributed by atoms with Crippen LogP contribution in [0.2, 0.25) is 0 Å². The second kappa shape index (κ2) is 8.04. The molecule has 0 aliphatic carbocycles. The number of nitrogens with one attached hydrogen (secondary N) is 2. The van der Waals surface area contributed by atoms with E-state index in [0.29, 0.717) is 17.7 Å². The fraction of sp³-hybridized carbons (Fsp3) is 0.350. The van der Waals surface area contributed by atoms with Crippen LogP contribution in [0.3, 0.4) is 0 Å². The lowest BCUT2D eigenvalue weighted by Gasteiger charge is -2.33. The van der Waals surface area contributed by atoms with E-state index in [1.54, 1.807) is 30.3 Å². The number of aliphatic hydroxyl groups excluding tert-OH is 1. The summed E-state index contributed by atoms with van der Waals surface area (Å²) < 4.78 is 84.2. The van der Waals surface area contributed by atoms with Gasteiger partial charge in [0.1, 0.15) is 5.54 Å². The molecule has 0 unspecified atom stereocenters. The van der Waals surface area contributed by atoms with E-state index in [9.17, 15) is 36.2 Å². The first kappa shape index (κ1) is 22.9. The smallest absolute Gasteiger partial charge is 0.371 e. The zero-order valence-corrected chi connectivity index (χ0v) is 16.0. The van der Waals surface area contributed by atoms with Crippen LogP contribution in [-0.4, -0.2) is 24.0 Å². The van der Waals surface area contributed by atoms with Gasteiger partial charge in [0, 0.05) is 0 Å². The van der Waals surface area contributed by atoms with Crippen molar-refractivity contribution in [3.05, 3.63) is 70.8 Å². The molecule has 3 N–H and O–H groups in total. The maximum Gasteiger partial charge on any atom is 0.416 e. The fourth-order valence-electron chi connectivity index (χ4n) is 3.28. The second-order valence-corrected chi connectivity index (χ2v) is 7.13. The summed E-state index contributed by atoms with van der Waals surface area (Å²) in [6.07, 6.45) is -12.6. The SMILES string of the molecule is C[C@@H](OC[C@]1(c2ccccc2)NC(=O)N[C@@H]1O)c1cc(C(F)(F)F)cc(C(F)(F)F)c1. The highest BCUT2D eigenvalue weighted by Gasteiger charge is 2.48. The molecule has 2 aromatic rings. The van der Waals surface area contributed by atoms with Crippen molar-refractivity contribution in [1.82, 2.24) is 10.6 Å². The van der Waals surface area contributed by atoms with Crippen LogP contribution in [0.1, 0.15) is 35.3 Å². The molecule has 1 aliphatic rings. The highest BCUT2D eigenvalue weighted by atomic mass is 19.4. The first-order valence-electron chi connectivity index (χ1n) is 9.06. The first-order chi connectivity index (χ1) is 14.3. The van der Waals surface area contributed by atoms with E-state index in [-0.39, 0.29) is 11.6 Å². The Labute approximate surface area is 173 Å². The van der Waals surface area contributed by atoms with Crippen molar-refractivity contribution < 1.29 is 41.0 Å². The summed E-state index contributed by atoms with van der Waals surface area (Å²) in [7, 11) is 0. The number of alkyl halides is 6. The lowest BCUT2D eigenvalue weighted by molar-refractivity contribution is -0.143. The Kier molecular flexibility index (Phi) is 5.94. The largest absolute Gasteiger partial charge is 0.416 e. The van der Waals surface area contributed by atoms with Gasteiger partial charge in [-0.2, -0.15) is 26.3 Å². The quantitative estimate of drug-likeness (QED) is 0.597. The third-order valence-electron chi connectivity index (χ3n) is 5.00. The van der Waals surface area contributed by atoms with E-state index in [2.05, 4.69) is 10.6 Å². The molecule has 3 rings (SSSR count). The number of aliphatic hydroxyl groups is 1. The van der Waals surface area contributed by atoms with Gasteiger partial charge in [-0.25, -0.2) is 4.79 Å². The molecule has 0 bridgehead atoms. The van der Waals surface area contributed by atoms with Crippen LogP contribution >= 0.6 is 0 Å². The fourth-order valence-corrected chi connectivity index (χ4v) is 3.28. The zero-order valence-electron chi connectivity index (χ0n) is 16.0. The molecule has 11 heteroatoms.